The van der Waals surface area contributed by atoms with Crippen molar-refractivity contribution in [1.29, 1.82) is 0 Å². The molecule has 2 heterocycles. The molecule has 1 N–H and O–H groups in total. The van der Waals surface area contributed by atoms with Crippen LogP contribution in [0.25, 0.3) is 0 Å². The third-order valence-electron chi connectivity index (χ3n) is 4.51. The van der Waals surface area contributed by atoms with Crippen LogP contribution in [0.15, 0.2) is 42.5 Å². The van der Waals surface area contributed by atoms with Crippen molar-refractivity contribution < 1.29 is 19.1 Å². The van der Waals surface area contributed by atoms with Gasteiger partial charge in [0.05, 0.1) is 6.54 Å². The second-order valence-corrected chi connectivity index (χ2v) is 6.20. The van der Waals surface area contributed by atoms with Gasteiger partial charge in [0.15, 0.2) is 11.5 Å². The van der Waals surface area contributed by atoms with E-state index < -0.39 is 0 Å². The molecule has 2 amide bonds. The van der Waals surface area contributed by atoms with Gasteiger partial charge in [-0.15, -0.1) is 0 Å². The summed E-state index contributed by atoms with van der Waals surface area (Å²) in [5.74, 6) is 0.731. The number of hydrogen-bond acceptors (Lipinski definition) is 4. The molecule has 1 atom stereocenters. The van der Waals surface area contributed by atoms with Gasteiger partial charge in [-0.3, -0.25) is 9.59 Å². The van der Waals surface area contributed by atoms with E-state index in [0.29, 0.717) is 17.1 Å². The summed E-state index contributed by atoms with van der Waals surface area (Å²) in [7, 11) is 0. The van der Waals surface area contributed by atoms with Crippen LogP contribution in [0.4, 0.5) is 5.69 Å². The second kappa shape index (κ2) is 6.12. The van der Waals surface area contributed by atoms with Gasteiger partial charge in [0.25, 0.3) is 5.91 Å². The number of ether oxygens (including phenoxy) is 2. The average Bonchev–Trinajstić information content (AvgIpc) is 3.21. The third-order valence-corrected chi connectivity index (χ3v) is 4.51. The lowest BCUT2D eigenvalue weighted by atomic mass is 10.1. The molecule has 128 valence electrons. The number of benzene rings is 2. The van der Waals surface area contributed by atoms with E-state index in [1.165, 1.54) is 0 Å². The highest BCUT2D eigenvalue weighted by atomic mass is 16.7. The fraction of sp³-hybridized carbons (Fsp3) is 0.263. The maximum absolute atomic E-state index is 12.6. The number of carbonyl (C=O) groups excluding carboxylic acids is 2. The maximum atomic E-state index is 12.6. The molecule has 2 aromatic rings. The largest absolute Gasteiger partial charge is 0.454 e. The smallest absolute Gasteiger partial charge is 0.251 e. The standard InChI is InChI=1S/C19H18N2O4/c1-12-8-13-4-2-3-5-15(13)21(12)18(22)10-20-19(23)14-6-7-16-17(9-14)25-11-24-16/h2-7,9,12H,8,10-11H2,1H3,(H,20,23). The molecule has 0 spiro atoms. The van der Waals surface area contributed by atoms with Crippen LogP contribution in [0.5, 0.6) is 11.5 Å². The SMILES string of the molecule is CC1Cc2ccccc2N1C(=O)CNC(=O)c1ccc2c(c1)OCO2. The fourth-order valence-electron chi connectivity index (χ4n) is 3.33. The number of hydrogen-bond donors (Lipinski definition) is 1. The van der Waals surface area contributed by atoms with Crippen molar-refractivity contribution in [3.63, 3.8) is 0 Å². The van der Waals surface area contributed by atoms with Gasteiger partial charge in [0.1, 0.15) is 0 Å². The van der Waals surface area contributed by atoms with Crippen LogP contribution in [0, 0.1) is 0 Å². The molecule has 0 aromatic heterocycles. The van der Waals surface area contributed by atoms with Gasteiger partial charge in [-0.1, -0.05) is 18.2 Å². The highest BCUT2D eigenvalue weighted by Crippen LogP contribution is 2.33. The van der Waals surface area contributed by atoms with Crippen molar-refractivity contribution in [2.45, 2.75) is 19.4 Å². The minimum Gasteiger partial charge on any atom is -0.454 e. The van der Waals surface area contributed by atoms with E-state index in [1.54, 1.807) is 23.1 Å². The van der Waals surface area contributed by atoms with Gasteiger partial charge in [-0.25, -0.2) is 0 Å². The Labute approximate surface area is 145 Å². The minimum absolute atomic E-state index is 0.0497. The molecule has 4 rings (SSSR count). The van der Waals surface area contributed by atoms with Gasteiger partial charge in [0.2, 0.25) is 12.7 Å². The van der Waals surface area contributed by atoms with Crippen LogP contribution in [-0.4, -0.2) is 31.2 Å². The first-order chi connectivity index (χ1) is 12.1. The molecule has 0 radical (unpaired) electrons. The highest BCUT2D eigenvalue weighted by Gasteiger charge is 2.30. The molecule has 0 saturated heterocycles. The molecule has 0 saturated carbocycles. The Kier molecular flexibility index (Phi) is 3.80. The van der Waals surface area contributed by atoms with Crippen molar-refractivity contribution in [3.8, 4) is 11.5 Å². The summed E-state index contributed by atoms with van der Waals surface area (Å²) in [6.07, 6.45) is 0.831. The van der Waals surface area contributed by atoms with Crippen molar-refractivity contribution in [1.82, 2.24) is 5.32 Å². The quantitative estimate of drug-likeness (QED) is 0.931. The zero-order valence-electron chi connectivity index (χ0n) is 13.8. The summed E-state index contributed by atoms with van der Waals surface area (Å²) in [6, 6.07) is 12.9. The number of amides is 2. The van der Waals surface area contributed by atoms with Crippen molar-refractivity contribution in [2.75, 3.05) is 18.2 Å². The average molecular weight is 338 g/mol. The topological polar surface area (TPSA) is 67.9 Å². The van der Waals surface area contributed by atoms with E-state index in [-0.39, 0.29) is 31.2 Å². The monoisotopic (exact) mass is 338 g/mol. The number of nitrogens with one attached hydrogen (secondary N) is 1. The van der Waals surface area contributed by atoms with Gasteiger partial charge in [-0.05, 0) is 43.2 Å². The van der Waals surface area contributed by atoms with Crippen LogP contribution in [0.1, 0.15) is 22.8 Å². The number of fused-ring (bicyclic) bond motifs is 2. The Hall–Kier alpha value is -3.02. The summed E-state index contributed by atoms with van der Waals surface area (Å²) in [6.45, 7) is 2.12. The number of anilines is 1. The van der Waals surface area contributed by atoms with Gasteiger partial charge < -0.3 is 19.7 Å². The third kappa shape index (κ3) is 2.80. The maximum Gasteiger partial charge on any atom is 0.251 e. The Morgan fingerprint density at radius 2 is 1.96 bits per heavy atom. The summed E-state index contributed by atoms with van der Waals surface area (Å²) < 4.78 is 10.5. The minimum atomic E-state index is -0.313. The molecular weight excluding hydrogens is 320 g/mol. The lowest BCUT2D eigenvalue weighted by Crippen LogP contribution is -2.43. The van der Waals surface area contributed by atoms with Crippen molar-refractivity contribution in [2.24, 2.45) is 0 Å². The molecule has 6 heteroatoms. The van der Waals surface area contributed by atoms with Gasteiger partial charge >= 0.3 is 0 Å². The summed E-state index contributed by atoms with van der Waals surface area (Å²) in [4.78, 5) is 26.7. The van der Waals surface area contributed by atoms with Crippen LogP contribution in [0.3, 0.4) is 0 Å². The Morgan fingerprint density at radius 3 is 2.84 bits per heavy atom. The van der Waals surface area contributed by atoms with Crippen LogP contribution in [0.2, 0.25) is 0 Å². The first-order valence-corrected chi connectivity index (χ1v) is 8.21. The zero-order valence-corrected chi connectivity index (χ0v) is 13.8. The highest BCUT2D eigenvalue weighted by molar-refractivity contribution is 6.02. The molecular formula is C19H18N2O4. The number of rotatable bonds is 3. The van der Waals surface area contributed by atoms with E-state index in [1.807, 2.05) is 31.2 Å². The molecule has 1 unspecified atom stereocenters. The fourth-order valence-corrected chi connectivity index (χ4v) is 3.33. The zero-order chi connectivity index (χ0) is 17.4. The first-order valence-electron chi connectivity index (χ1n) is 8.21. The lowest BCUT2D eigenvalue weighted by molar-refractivity contribution is -0.118. The molecule has 6 nitrogen and oxygen atoms in total. The molecule has 2 aromatic carbocycles. The van der Waals surface area contributed by atoms with Crippen LogP contribution < -0.4 is 19.7 Å². The van der Waals surface area contributed by atoms with E-state index in [9.17, 15) is 9.59 Å². The summed E-state index contributed by atoms with van der Waals surface area (Å²) in [5, 5.41) is 2.69. The molecule has 0 fully saturated rings. The van der Waals surface area contributed by atoms with Gasteiger partial charge in [-0.2, -0.15) is 0 Å². The van der Waals surface area contributed by atoms with Crippen LogP contribution in [-0.2, 0) is 11.2 Å². The predicted octanol–water partition coefficient (Wildman–Crippen LogP) is 2.12. The van der Waals surface area contributed by atoms with Gasteiger partial charge in [0, 0.05) is 17.3 Å². The molecule has 2 aliphatic rings. The lowest BCUT2D eigenvalue weighted by Gasteiger charge is -2.22. The number of nitrogens with zero attached hydrogens (tertiary/aromatic N) is 1. The molecule has 0 aliphatic carbocycles. The summed E-state index contributed by atoms with van der Waals surface area (Å²) in [5.41, 5.74) is 2.52. The van der Waals surface area contributed by atoms with E-state index in [2.05, 4.69) is 5.32 Å². The Morgan fingerprint density at radius 1 is 1.16 bits per heavy atom. The van der Waals surface area contributed by atoms with E-state index in [0.717, 1.165) is 17.7 Å². The summed E-state index contributed by atoms with van der Waals surface area (Å²) >= 11 is 0. The normalized spacial score (nSPS) is 17.3. The van der Waals surface area contributed by atoms with Crippen LogP contribution >= 0.6 is 0 Å². The van der Waals surface area contributed by atoms with E-state index in [4.69, 9.17) is 9.47 Å². The Bertz CT molecular complexity index is 849. The number of carbonyl (C=O) groups is 2. The van der Waals surface area contributed by atoms with Crippen molar-refractivity contribution >= 4 is 17.5 Å². The molecule has 0 bridgehead atoms. The predicted molar refractivity (Wildman–Crippen MR) is 92.0 cm³/mol. The second-order valence-electron chi connectivity index (χ2n) is 6.20. The molecule has 25 heavy (non-hydrogen) atoms. The Balaban J connectivity index is 1.43. The van der Waals surface area contributed by atoms with E-state index >= 15 is 0 Å². The number of para-hydroxylation sites is 1. The molecule has 2 aliphatic heterocycles. The van der Waals surface area contributed by atoms with Crippen molar-refractivity contribution in [3.05, 3.63) is 53.6 Å². The first kappa shape index (κ1) is 15.5.